The van der Waals surface area contributed by atoms with Gasteiger partial charge in [-0.25, -0.2) is 4.98 Å². The lowest BCUT2D eigenvalue weighted by Gasteiger charge is -2.28. The van der Waals surface area contributed by atoms with Gasteiger partial charge in [-0.1, -0.05) is 23.7 Å². The molecular weight excluding hydrogens is 372 g/mol. The summed E-state index contributed by atoms with van der Waals surface area (Å²) in [6, 6.07) is 16.2. The molecule has 0 amide bonds. The van der Waals surface area contributed by atoms with Crippen molar-refractivity contribution in [2.45, 2.75) is 13.8 Å². The van der Waals surface area contributed by atoms with Crippen LogP contribution >= 0.6 is 11.6 Å². The van der Waals surface area contributed by atoms with Gasteiger partial charge in [0.1, 0.15) is 5.82 Å². The van der Waals surface area contributed by atoms with Gasteiger partial charge in [-0.15, -0.1) is 0 Å². The highest BCUT2D eigenvalue weighted by Gasteiger charge is 2.11. The molecule has 28 heavy (non-hydrogen) atoms. The van der Waals surface area contributed by atoms with Crippen LogP contribution in [-0.4, -0.2) is 37.0 Å². The molecule has 0 atom stereocenters. The third-order valence-electron chi connectivity index (χ3n) is 4.98. The van der Waals surface area contributed by atoms with Crippen LogP contribution in [0.5, 0.6) is 0 Å². The van der Waals surface area contributed by atoms with E-state index in [-0.39, 0.29) is 0 Å². The molecule has 6 heteroatoms. The molecule has 0 aliphatic carbocycles. The monoisotopic (exact) mass is 394 g/mol. The van der Waals surface area contributed by atoms with Gasteiger partial charge in [0.05, 0.1) is 24.4 Å². The number of rotatable bonds is 4. The van der Waals surface area contributed by atoms with Crippen LogP contribution in [0.25, 0.3) is 10.9 Å². The van der Waals surface area contributed by atoms with Crippen molar-refractivity contribution in [3.8, 4) is 0 Å². The molecule has 0 bridgehead atoms. The fourth-order valence-corrected chi connectivity index (χ4v) is 3.54. The van der Waals surface area contributed by atoms with Gasteiger partial charge in [0.15, 0.2) is 0 Å². The quantitative estimate of drug-likeness (QED) is 0.506. The molecule has 2 aromatic carbocycles. The summed E-state index contributed by atoms with van der Waals surface area (Å²) in [7, 11) is 0. The third-order valence-corrected chi connectivity index (χ3v) is 5.21. The van der Waals surface area contributed by atoms with Crippen molar-refractivity contribution in [2.75, 3.05) is 36.6 Å². The van der Waals surface area contributed by atoms with Crippen LogP contribution in [0.4, 0.5) is 11.5 Å². The minimum absolute atomic E-state index is 0.715. The third kappa shape index (κ3) is 4.11. The summed E-state index contributed by atoms with van der Waals surface area (Å²) in [5.41, 5.74) is 8.30. The SMILES string of the molecule is CC(=NNc1cc(C)c2cc(Cl)ccc2n1)c1ccc(N2CCOCC2)cc1. The second-order valence-corrected chi connectivity index (χ2v) is 7.38. The van der Waals surface area contributed by atoms with Crippen LogP contribution in [0, 0.1) is 6.92 Å². The number of pyridine rings is 1. The number of hydrazone groups is 1. The molecule has 1 aromatic heterocycles. The van der Waals surface area contributed by atoms with Gasteiger partial charge >= 0.3 is 0 Å². The standard InChI is InChI=1S/C22H23ClN4O/c1-15-13-22(24-21-8-5-18(23)14-20(15)21)26-25-16(2)17-3-6-19(7-4-17)27-9-11-28-12-10-27/h3-8,13-14H,9-12H2,1-2H3,(H,24,26). The van der Waals surface area contributed by atoms with Gasteiger partial charge in [-0.3, -0.25) is 5.43 Å². The van der Waals surface area contributed by atoms with Crippen molar-refractivity contribution in [3.05, 3.63) is 64.7 Å². The minimum Gasteiger partial charge on any atom is -0.378 e. The topological polar surface area (TPSA) is 49.8 Å². The number of hydrogen-bond acceptors (Lipinski definition) is 5. The highest BCUT2D eigenvalue weighted by molar-refractivity contribution is 6.31. The number of nitrogens with zero attached hydrogens (tertiary/aromatic N) is 3. The average Bonchev–Trinajstić information content (AvgIpc) is 2.73. The van der Waals surface area contributed by atoms with Crippen molar-refractivity contribution >= 4 is 39.7 Å². The Hall–Kier alpha value is -2.63. The zero-order valence-electron chi connectivity index (χ0n) is 16.1. The molecule has 1 saturated heterocycles. The number of anilines is 2. The molecular formula is C22H23ClN4O. The first-order valence-corrected chi connectivity index (χ1v) is 9.78. The van der Waals surface area contributed by atoms with E-state index in [1.165, 1.54) is 5.69 Å². The lowest BCUT2D eigenvalue weighted by Crippen LogP contribution is -2.36. The van der Waals surface area contributed by atoms with Crippen molar-refractivity contribution in [2.24, 2.45) is 5.10 Å². The van der Waals surface area contributed by atoms with E-state index in [1.54, 1.807) is 0 Å². The lowest BCUT2D eigenvalue weighted by molar-refractivity contribution is 0.122. The molecule has 2 heterocycles. The van der Waals surface area contributed by atoms with Crippen LogP contribution in [0.1, 0.15) is 18.1 Å². The van der Waals surface area contributed by atoms with Crippen LogP contribution < -0.4 is 10.3 Å². The Kier molecular flexibility index (Phi) is 5.46. The van der Waals surface area contributed by atoms with Crippen LogP contribution in [-0.2, 0) is 4.74 Å². The molecule has 1 aliphatic heterocycles. The highest BCUT2D eigenvalue weighted by atomic mass is 35.5. The second kappa shape index (κ2) is 8.17. The first kappa shape index (κ1) is 18.7. The van der Waals surface area contributed by atoms with E-state index in [4.69, 9.17) is 16.3 Å². The van der Waals surface area contributed by atoms with Crippen molar-refractivity contribution < 1.29 is 4.74 Å². The molecule has 1 N–H and O–H groups in total. The number of ether oxygens (including phenoxy) is 1. The molecule has 0 unspecified atom stereocenters. The number of benzene rings is 2. The summed E-state index contributed by atoms with van der Waals surface area (Å²) in [5, 5.41) is 6.29. The summed E-state index contributed by atoms with van der Waals surface area (Å²) in [6.45, 7) is 7.49. The number of fused-ring (bicyclic) bond motifs is 1. The van der Waals surface area contributed by atoms with E-state index in [2.05, 4.69) is 44.7 Å². The largest absolute Gasteiger partial charge is 0.378 e. The molecule has 0 saturated carbocycles. The Labute approximate surface area is 170 Å². The molecule has 144 valence electrons. The predicted octanol–water partition coefficient (Wildman–Crippen LogP) is 4.87. The number of halogens is 1. The molecule has 3 aromatic rings. The smallest absolute Gasteiger partial charge is 0.147 e. The van der Waals surface area contributed by atoms with Crippen molar-refractivity contribution in [1.82, 2.24) is 4.98 Å². The number of aryl methyl sites for hydroxylation is 1. The molecule has 5 nitrogen and oxygen atoms in total. The predicted molar refractivity (Wildman–Crippen MR) is 117 cm³/mol. The number of hydrogen-bond donors (Lipinski definition) is 1. The Bertz CT molecular complexity index is 1010. The van der Waals surface area contributed by atoms with Gasteiger partial charge in [-0.05, 0) is 61.4 Å². The number of aromatic nitrogens is 1. The maximum atomic E-state index is 6.09. The molecule has 4 rings (SSSR count). The summed E-state index contributed by atoms with van der Waals surface area (Å²) >= 11 is 6.09. The van der Waals surface area contributed by atoms with Crippen LogP contribution in [0.3, 0.4) is 0 Å². The Morgan fingerprint density at radius 3 is 2.61 bits per heavy atom. The second-order valence-electron chi connectivity index (χ2n) is 6.94. The lowest BCUT2D eigenvalue weighted by atomic mass is 10.1. The molecule has 1 fully saturated rings. The summed E-state index contributed by atoms with van der Waals surface area (Å²) in [4.78, 5) is 6.96. The van der Waals surface area contributed by atoms with E-state index in [9.17, 15) is 0 Å². The molecule has 0 spiro atoms. The maximum absolute atomic E-state index is 6.09. The Balaban J connectivity index is 1.49. The van der Waals surface area contributed by atoms with Crippen LogP contribution in [0.2, 0.25) is 5.02 Å². The Morgan fingerprint density at radius 1 is 1.11 bits per heavy atom. The van der Waals surface area contributed by atoms with E-state index in [0.717, 1.165) is 59.9 Å². The van der Waals surface area contributed by atoms with Gasteiger partial charge in [0.2, 0.25) is 0 Å². The summed E-state index contributed by atoms with van der Waals surface area (Å²) in [6.07, 6.45) is 0. The van der Waals surface area contributed by atoms with Crippen molar-refractivity contribution in [1.29, 1.82) is 0 Å². The van der Waals surface area contributed by atoms with Crippen molar-refractivity contribution in [3.63, 3.8) is 0 Å². The van der Waals surface area contributed by atoms with E-state index in [1.807, 2.05) is 38.1 Å². The first-order chi connectivity index (χ1) is 13.6. The van der Waals surface area contributed by atoms with Gasteiger partial charge < -0.3 is 9.64 Å². The average molecular weight is 395 g/mol. The zero-order valence-corrected chi connectivity index (χ0v) is 16.8. The maximum Gasteiger partial charge on any atom is 0.147 e. The Morgan fingerprint density at radius 2 is 1.86 bits per heavy atom. The van der Waals surface area contributed by atoms with Gasteiger partial charge in [0.25, 0.3) is 0 Å². The number of nitrogens with one attached hydrogen (secondary N) is 1. The first-order valence-electron chi connectivity index (χ1n) is 9.40. The fraction of sp³-hybridized carbons (Fsp3) is 0.273. The number of morpholine rings is 1. The van der Waals surface area contributed by atoms with Gasteiger partial charge in [-0.2, -0.15) is 5.10 Å². The summed E-state index contributed by atoms with van der Waals surface area (Å²) < 4.78 is 5.42. The van der Waals surface area contributed by atoms with E-state index < -0.39 is 0 Å². The highest BCUT2D eigenvalue weighted by Crippen LogP contribution is 2.24. The molecule has 0 radical (unpaired) electrons. The van der Waals surface area contributed by atoms with E-state index >= 15 is 0 Å². The van der Waals surface area contributed by atoms with Gasteiger partial charge in [0, 0.05) is 29.2 Å². The molecule has 1 aliphatic rings. The zero-order chi connectivity index (χ0) is 19.5. The van der Waals surface area contributed by atoms with E-state index in [0.29, 0.717) is 5.02 Å². The summed E-state index contributed by atoms with van der Waals surface area (Å²) in [5.74, 6) is 0.719. The van der Waals surface area contributed by atoms with Crippen LogP contribution in [0.15, 0.2) is 53.6 Å². The fourth-order valence-electron chi connectivity index (χ4n) is 3.36. The normalized spacial score (nSPS) is 15.1. The minimum atomic E-state index is 0.715.